The van der Waals surface area contributed by atoms with Crippen LogP contribution in [0.1, 0.15) is 13.8 Å². The van der Waals surface area contributed by atoms with E-state index in [1.165, 1.54) is 0 Å². The molecule has 1 aliphatic rings. The van der Waals surface area contributed by atoms with Crippen molar-refractivity contribution in [3.8, 4) is 0 Å². The fourth-order valence-corrected chi connectivity index (χ4v) is 2.77. The SMILES string of the molecule is CNCC(C)(C)N1C(=O)CNc2cc(Br)ccc21. The molecule has 1 amide bonds. The van der Waals surface area contributed by atoms with Crippen LogP contribution in [0.5, 0.6) is 0 Å². The molecule has 5 heteroatoms. The van der Waals surface area contributed by atoms with Crippen molar-refractivity contribution in [2.24, 2.45) is 0 Å². The van der Waals surface area contributed by atoms with Crippen molar-refractivity contribution in [3.05, 3.63) is 22.7 Å². The molecule has 4 nitrogen and oxygen atoms in total. The maximum Gasteiger partial charge on any atom is 0.246 e. The number of hydrogen-bond donors (Lipinski definition) is 2. The largest absolute Gasteiger partial charge is 0.374 e. The number of amides is 1. The van der Waals surface area contributed by atoms with E-state index >= 15 is 0 Å². The summed E-state index contributed by atoms with van der Waals surface area (Å²) in [7, 11) is 1.90. The van der Waals surface area contributed by atoms with E-state index in [0.717, 1.165) is 22.4 Å². The molecule has 1 heterocycles. The van der Waals surface area contributed by atoms with E-state index in [-0.39, 0.29) is 11.4 Å². The minimum atomic E-state index is -0.253. The summed E-state index contributed by atoms with van der Waals surface area (Å²) in [6, 6.07) is 5.94. The van der Waals surface area contributed by atoms with Gasteiger partial charge in [0.25, 0.3) is 0 Å². The quantitative estimate of drug-likeness (QED) is 0.899. The summed E-state index contributed by atoms with van der Waals surface area (Å²) in [6.45, 7) is 5.22. The van der Waals surface area contributed by atoms with Crippen molar-refractivity contribution in [3.63, 3.8) is 0 Å². The second-order valence-electron chi connectivity index (χ2n) is 5.09. The Morgan fingerprint density at radius 1 is 1.50 bits per heavy atom. The average Bonchev–Trinajstić information content (AvgIpc) is 2.28. The highest BCUT2D eigenvalue weighted by molar-refractivity contribution is 9.10. The summed E-state index contributed by atoms with van der Waals surface area (Å²) >= 11 is 3.45. The summed E-state index contributed by atoms with van der Waals surface area (Å²) in [5.41, 5.74) is 1.68. The summed E-state index contributed by atoms with van der Waals surface area (Å²) in [5.74, 6) is 0.102. The summed E-state index contributed by atoms with van der Waals surface area (Å²) in [5, 5.41) is 6.30. The number of nitrogens with one attached hydrogen (secondary N) is 2. The first-order chi connectivity index (χ1) is 8.45. The smallest absolute Gasteiger partial charge is 0.246 e. The summed E-state index contributed by atoms with van der Waals surface area (Å²) in [6.07, 6.45) is 0. The molecule has 1 aromatic carbocycles. The molecule has 0 bridgehead atoms. The Balaban J connectivity index is 2.45. The zero-order valence-electron chi connectivity index (χ0n) is 10.9. The van der Waals surface area contributed by atoms with Gasteiger partial charge in [0.2, 0.25) is 5.91 Å². The number of hydrogen-bond acceptors (Lipinski definition) is 3. The molecule has 18 heavy (non-hydrogen) atoms. The number of carbonyl (C=O) groups excluding carboxylic acids is 1. The maximum atomic E-state index is 12.2. The van der Waals surface area contributed by atoms with Gasteiger partial charge in [-0.1, -0.05) is 15.9 Å². The molecule has 1 aromatic rings. The van der Waals surface area contributed by atoms with Crippen LogP contribution in [-0.2, 0) is 4.79 Å². The lowest BCUT2D eigenvalue weighted by atomic mass is 9.99. The number of anilines is 2. The minimum absolute atomic E-state index is 0.102. The number of halogens is 1. The number of rotatable bonds is 3. The van der Waals surface area contributed by atoms with E-state index in [1.807, 2.05) is 30.1 Å². The number of nitrogens with zero attached hydrogens (tertiary/aromatic N) is 1. The van der Waals surface area contributed by atoms with Gasteiger partial charge in [0, 0.05) is 11.0 Å². The van der Waals surface area contributed by atoms with Gasteiger partial charge in [-0.05, 0) is 39.1 Å². The predicted molar refractivity (Wildman–Crippen MR) is 78.1 cm³/mol. The Hall–Kier alpha value is -1.07. The van der Waals surface area contributed by atoms with Gasteiger partial charge in [-0.15, -0.1) is 0 Å². The van der Waals surface area contributed by atoms with Gasteiger partial charge in [0.05, 0.1) is 23.5 Å². The van der Waals surface area contributed by atoms with Crippen LogP contribution in [0.2, 0.25) is 0 Å². The lowest BCUT2D eigenvalue weighted by Gasteiger charge is -2.42. The molecule has 0 aromatic heterocycles. The number of likely N-dealkylation sites (N-methyl/N-ethyl adjacent to an activating group) is 1. The topological polar surface area (TPSA) is 44.4 Å². The van der Waals surface area contributed by atoms with Crippen LogP contribution >= 0.6 is 15.9 Å². The molecule has 0 radical (unpaired) electrons. The lowest BCUT2D eigenvalue weighted by molar-refractivity contribution is -0.118. The lowest BCUT2D eigenvalue weighted by Crippen LogP contribution is -2.56. The Kier molecular flexibility index (Phi) is 3.64. The molecule has 1 aliphatic heterocycles. The second-order valence-corrected chi connectivity index (χ2v) is 6.00. The molecular weight excluding hydrogens is 294 g/mol. The van der Waals surface area contributed by atoms with Crippen molar-refractivity contribution in [2.75, 3.05) is 30.4 Å². The normalized spacial score (nSPS) is 15.3. The van der Waals surface area contributed by atoms with Gasteiger partial charge in [0.15, 0.2) is 0 Å². The van der Waals surface area contributed by atoms with Crippen molar-refractivity contribution >= 4 is 33.2 Å². The third-order valence-electron chi connectivity index (χ3n) is 3.09. The molecule has 0 saturated carbocycles. The van der Waals surface area contributed by atoms with Gasteiger partial charge >= 0.3 is 0 Å². The highest BCUT2D eigenvalue weighted by atomic mass is 79.9. The fourth-order valence-electron chi connectivity index (χ4n) is 2.40. The zero-order chi connectivity index (χ0) is 13.3. The summed E-state index contributed by atoms with van der Waals surface area (Å²) in [4.78, 5) is 14.1. The molecule has 0 saturated heterocycles. The van der Waals surface area contributed by atoms with Crippen LogP contribution in [0.3, 0.4) is 0 Å². The maximum absolute atomic E-state index is 12.2. The van der Waals surface area contributed by atoms with Crippen LogP contribution < -0.4 is 15.5 Å². The second kappa shape index (κ2) is 4.90. The van der Waals surface area contributed by atoms with E-state index in [4.69, 9.17) is 0 Å². The van der Waals surface area contributed by atoms with E-state index in [0.29, 0.717) is 6.54 Å². The highest BCUT2D eigenvalue weighted by Gasteiger charge is 2.35. The Morgan fingerprint density at radius 2 is 2.22 bits per heavy atom. The molecule has 0 aliphatic carbocycles. The van der Waals surface area contributed by atoms with Crippen molar-refractivity contribution in [1.82, 2.24) is 5.32 Å². The fraction of sp³-hybridized carbons (Fsp3) is 0.462. The van der Waals surface area contributed by atoms with Crippen molar-refractivity contribution in [1.29, 1.82) is 0 Å². The van der Waals surface area contributed by atoms with E-state index in [9.17, 15) is 4.79 Å². The number of benzene rings is 1. The molecule has 2 rings (SSSR count). The van der Waals surface area contributed by atoms with E-state index in [1.54, 1.807) is 0 Å². The van der Waals surface area contributed by atoms with Gasteiger partial charge in [0.1, 0.15) is 0 Å². The van der Waals surface area contributed by atoms with Crippen molar-refractivity contribution in [2.45, 2.75) is 19.4 Å². The van der Waals surface area contributed by atoms with Crippen molar-refractivity contribution < 1.29 is 4.79 Å². The third kappa shape index (κ3) is 2.37. The Bertz CT molecular complexity index is 473. The molecule has 2 N–H and O–H groups in total. The molecule has 0 fully saturated rings. The van der Waals surface area contributed by atoms with Gasteiger partial charge in [-0.2, -0.15) is 0 Å². The third-order valence-corrected chi connectivity index (χ3v) is 3.59. The minimum Gasteiger partial charge on any atom is -0.374 e. The van der Waals surface area contributed by atoms with Crippen LogP contribution in [0.25, 0.3) is 0 Å². The van der Waals surface area contributed by atoms with Crippen LogP contribution in [0.15, 0.2) is 22.7 Å². The van der Waals surface area contributed by atoms with Crippen LogP contribution in [0.4, 0.5) is 11.4 Å². The first kappa shape index (κ1) is 13.4. The van der Waals surface area contributed by atoms with Gasteiger partial charge in [-0.3, -0.25) is 4.79 Å². The molecule has 0 spiro atoms. The first-order valence-electron chi connectivity index (χ1n) is 5.97. The van der Waals surface area contributed by atoms with Gasteiger partial charge < -0.3 is 15.5 Å². The molecular formula is C13H18BrN3O. The molecule has 0 atom stereocenters. The Labute approximate surface area is 116 Å². The van der Waals surface area contributed by atoms with Gasteiger partial charge in [-0.25, -0.2) is 0 Å². The molecule has 0 unspecified atom stereocenters. The van der Waals surface area contributed by atoms with Crippen LogP contribution in [0, 0.1) is 0 Å². The molecule has 98 valence electrons. The predicted octanol–water partition coefficient (Wildman–Crippen LogP) is 2.21. The summed E-state index contributed by atoms with van der Waals surface area (Å²) < 4.78 is 1.01. The average molecular weight is 312 g/mol. The standard InChI is InChI=1S/C13H18BrN3O/c1-13(2,8-15-3)17-11-5-4-9(14)6-10(11)16-7-12(17)18/h4-6,15-16H,7-8H2,1-3H3. The van der Waals surface area contributed by atoms with E-state index in [2.05, 4.69) is 40.4 Å². The highest BCUT2D eigenvalue weighted by Crippen LogP contribution is 2.36. The first-order valence-corrected chi connectivity index (χ1v) is 6.76. The number of fused-ring (bicyclic) bond motifs is 1. The number of carbonyl (C=O) groups is 1. The van der Waals surface area contributed by atoms with E-state index < -0.39 is 0 Å². The monoisotopic (exact) mass is 311 g/mol. The zero-order valence-corrected chi connectivity index (χ0v) is 12.5. The Morgan fingerprint density at radius 3 is 2.89 bits per heavy atom. The van der Waals surface area contributed by atoms with Crippen LogP contribution in [-0.4, -0.2) is 31.6 Å².